The van der Waals surface area contributed by atoms with Gasteiger partial charge in [0.15, 0.2) is 0 Å². The zero-order chi connectivity index (χ0) is 5.98. The molecule has 2 nitrogen and oxygen atoms in total. The minimum atomic E-state index is -1.74. The first-order valence-electron chi connectivity index (χ1n) is 2.03. The topological polar surface area (TPSA) is 26.5 Å². The van der Waals surface area contributed by atoms with Gasteiger partial charge in [-0.05, 0) is 0 Å². The minimum Gasteiger partial charge on any atom is -0.236 e. The molecule has 1 aliphatic rings. The fourth-order valence-corrected chi connectivity index (χ4v) is 0.354. The lowest BCUT2D eigenvalue weighted by Crippen LogP contribution is -2.13. The van der Waals surface area contributed by atoms with Crippen molar-refractivity contribution in [3.63, 3.8) is 0 Å². The van der Waals surface area contributed by atoms with Crippen LogP contribution in [0.4, 0.5) is 8.78 Å². The van der Waals surface area contributed by atoms with E-state index in [-0.39, 0.29) is 0 Å². The van der Waals surface area contributed by atoms with Gasteiger partial charge in [-0.2, -0.15) is 13.8 Å². The van der Waals surface area contributed by atoms with Gasteiger partial charge in [0.05, 0.1) is 0 Å². The predicted molar refractivity (Wildman–Crippen MR) is 24.7 cm³/mol. The van der Waals surface area contributed by atoms with E-state index in [2.05, 4.69) is 10.3 Å². The Hall–Kier alpha value is -0.930. The molecule has 0 amide bonds. The van der Waals surface area contributed by atoms with Gasteiger partial charge < -0.3 is 0 Å². The van der Waals surface area contributed by atoms with E-state index in [0.717, 1.165) is 12.3 Å². The Balaban J connectivity index is 2.63. The molecule has 1 aliphatic heterocycles. The lowest BCUT2D eigenvalue weighted by molar-refractivity contribution is 0.304. The van der Waals surface area contributed by atoms with Crippen LogP contribution in [0.1, 0.15) is 0 Å². The average molecular weight is 117 g/mol. The normalized spacial score (nSPS) is 26.8. The van der Waals surface area contributed by atoms with Crippen molar-refractivity contribution in [2.45, 2.75) is 6.42 Å². The Morgan fingerprint density at radius 3 is 2.75 bits per heavy atom. The monoisotopic (exact) mass is 117 g/mol. The second-order valence-corrected chi connectivity index (χ2v) is 1.23. The maximum absolute atomic E-state index is 11.8. The van der Waals surface area contributed by atoms with Crippen molar-refractivity contribution in [1.82, 2.24) is 5.32 Å². The molecule has 8 heavy (non-hydrogen) atoms. The van der Waals surface area contributed by atoms with Gasteiger partial charge in [0, 0.05) is 12.3 Å². The molecule has 1 rings (SSSR count). The third-order valence-electron chi connectivity index (χ3n) is 0.651. The highest BCUT2D eigenvalue weighted by atomic mass is 19.1. The fraction of sp³-hybridized carbons (Fsp3) is 0.250. The highest BCUT2D eigenvalue weighted by molar-refractivity contribution is 5.86. The first kappa shape index (κ1) is 5.21. The van der Waals surface area contributed by atoms with E-state index in [1.807, 2.05) is 0 Å². The summed E-state index contributed by atoms with van der Waals surface area (Å²) in [5, 5.41) is 3.11. The largest absolute Gasteiger partial charge is 0.286 e. The number of hydrogen-bond donors (Lipinski definition) is 0. The molecule has 0 aromatic rings. The molecule has 0 bridgehead atoms. The van der Waals surface area contributed by atoms with E-state index >= 15 is 0 Å². The van der Waals surface area contributed by atoms with Crippen molar-refractivity contribution < 1.29 is 8.78 Å². The Labute approximate surface area is 44.9 Å². The Bertz CT molecular complexity index is 141. The lowest BCUT2D eigenvalue weighted by Gasteiger charge is -2.01. The minimum absolute atomic E-state index is 0.813. The summed E-state index contributed by atoms with van der Waals surface area (Å²) >= 11 is 0. The molecule has 4 heteroatoms. The van der Waals surface area contributed by atoms with Crippen LogP contribution in [-0.4, -0.2) is 12.4 Å². The third-order valence-corrected chi connectivity index (χ3v) is 0.651. The van der Waals surface area contributed by atoms with Crippen molar-refractivity contribution in [3.8, 4) is 0 Å². The smallest absolute Gasteiger partial charge is 0.236 e. The summed E-state index contributed by atoms with van der Waals surface area (Å²) in [5.74, 6) is -0.813. The molecule has 1 radical (unpaired) electrons. The van der Waals surface area contributed by atoms with Crippen LogP contribution < -0.4 is 5.32 Å². The van der Waals surface area contributed by atoms with Crippen LogP contribution in [0, 0.1) is 0 Å². The molecule has 0 fully saturated rings. The molecule has 0 N–H and O–H groups in total. The quantitative estimate of drug-likeness (QED) is 0.418. The Morgan fingerprint density at radius 1 is 1.62 bits per heavy atom. The zero-order valence-electron chi connectivity index (χ0n) is 3.88. The van der Waals surface area contributed by atoms with Gasteiger partial charge in [-0.3, -0.25) is 0 Å². The molecular formula is C4H3F2N2. The van der Waals surface area contributed by atoms with Gasteiger partial charge in [-0.25, -0.2) is 5.32 Å². The zero-order valence-corrected chi connectivity index (χ0v) is 3.88. The van der Waals surface area contributed by atoms with Crippen LogP contribution in [0.3, 0.4) is 0 Å². The first-order chi connectivity index (χ1) is 3.79. The second-order valence-electron chi connectivity index (χ2n) is 1.23. The summed E-state index contributed by atoms with van der Waals surface area (Å²) in [4.78, 5) is 2.81. The highest BCUT2D eigenvalue weighted by Gasteiger charge is 2.06. The summed E-state index contributed by atoms with van der Waals surface area (Å²) in [6.07, 6.45) is 0.309. The van der Waals surface area contributed by atoms with E-state index in [1.165, 1.54) is 0 Å². The number of halogens is 2. The van der Waals surface area contributed by atoms with Crippen LogP contribution in [0.5, 0.6) is 0 Å². The van der Waals surface area contributed by atoms with E-state index in [9.17, 15) is 8.78 Å². The predicted octanol–water partition coefficient (Wildman–Crippen LogP) is 0.739. The number of aliphatic imine (C=N–C) groups is 1. The molecule has 0 aliphatic carbocycles. The van der Waals surface area contributed by atoms with E-state index in [1.54, 1.807) is 0 Å². The molecule has 0 saturated heterocycles. The van der Waals surface area contributed by atoms with Crippen molar-refractivity contribution in [3.05, 3.63) is 12.3 Å². The summed E-state index contributed by atoms with van der Waals surface area (Å²) in [6.45, 7) is 0. The molecule has 0 aromatic carbocycles. The van der Waals surface area contributed by atoms with Crippen LogP contribution in [0.2, 0.25) is 0 Å². The van der Waals surface area contributed by atoms with Gasteiger partial charge in [0.2, 0.25) is 5.97 Å². The summed E-state index contributed by atoms with van der Waals surface area (Å²) in [6, 6.07) is 0. The van der Waals surface area contributed by atoms with Crippen LogP contribution in [0.25, 0.3) is 0 Å². The first-order valence-corrected chi connectivity index (χ1v) is 2.03. The van der Waals surface area contributed by atoms with Crippen molar-refractivity contribution in [1.29, 1.82) is 0 Å². The van der Waals surface area contributed by atoms with Gasteiger partial charge in [0.25, 0.3) is 6.42 Å². The highest BCUT2D eigenvalue weighted by Crippen LogP contribution is 1.98. The summed E-state index contributed by atoms with van der Waals surface area (Å²) in [7, 11) is 0. The van der Waals surface area contributed by atoms with Gasteiger partial charge in [-0.15, -0.1) is 0 Å². The van der Waals surface area contributed by atoms with E-state index in [0.29, 0.717) is 0 Å². The molecule has 0 aromatic heterocycles. The maximum Gasteiger partial charge on any atom is 0.286 e. The Morgan fingerprint density at radius 2 is 2.38 bits per heavy atom. The van der Waals surface area contributed by atoms with Crippen molar-refractivity contribution in [2.75, 3.05) is 0 Å². The number of rotatable bonds is 0. The number of allylic oxidation sites excluding steroid dienone is 1. The van der Waals surface area contributed by atoms with Gasteiger partial charge >= 0.3 is 0 Å². The molecule has 43 valence electrons. The number of alkyl halides is 1. The van der Waals surface area contributed by atoms with E-state index in [4.69, 9.17) is 0 Å². The average Bonchev–Trinajstić information content (AvgIpc) is 1.64. The third kappa shape index (κ3) is 1.02. The van der Waals surface area contributed by atoms with Crippen LogP contribution >= 0.6 is 0 Å². The lowest BCUT2D eigenvalue weighted by atomic mass is 10.6. The second kappa shape index (κ2) is 1.90. The molecule has 0 saturated carbocycles. The SMILES string of the molecule is FC1=NC(F)[N]C=C1. The van der Waals surface area contributed by atoms with Gasteiger partial charge in [-0.1, -0.05) is 0 Å². The number of nitrogens with zero attached hydrogens (tertiary/aromatic N) is 2. The van der Waals surface area contributed by atoms with E-state index < -0.39 is 12.4 Å². The van der Waals surface area contributed by atoms with Crippen LogP contribution in [0.15, 0.2) is 17.3 Å². The maximum atomic E-state index is 11.8. The molecule has 0 spiro atoms. The van der Waals surface area contributed by atoms with Gasteiger partial charge in [0.1, 0.15) is 0 Å². The summed E-state index contributed by atoms with van der Waals surface area (Å²) < 4.78 is 23.6. The molecule has 1 unspecified atom stereocenters. The Kier molecular flexibility index (Phi) is 1.24. The number of hydrogen-bond acceptors (Lipinski definition) is 1. The van der Waals surface area contributed by atoms with Crippen molar-refractivity contribution >= 4 is 5.97 Å². The summed E-state index contributed by atoms with van der Waals surface area (Å²) in [5.41, 5.74) is 0. The fourth-order valence-electron chi connectivity index (χ4n) is 0.354. The molecular weight excluding hydrogens is 114 g/mol. The molecule has 1 atom stereocenters. The standard InChI is InChI=1S/C4H3F2N2/c5-3-1-2-7-4(6)8-3/h1-2,4H. The molecule has 1 heterocycles. The van der Waals surface area contributed by atoms with Crippen LogP contribution in [-0.2, 0) is 0 Å². The van der Waals surface area contributed by atoms with Crippen molar-refractivity contribution in [2.24, 2.45) is 4.99 Å².